The van der Waals surface area contributed by atoms with Gasteiger partial charge in [0.1, 0.15) is 11.8 Å². The van der Waals surface area contributed by atoms with Gasteiger partial charge in [0.2, 0.25) is 11.9 Å². The van der Waals surface area contributed by atoms with Gasteiger partial charge in [0, 0.05) is 6.54 Å². The molecular weight excluding hydrogens is 522 g/mol. The number of anilines is 2. The predicted octanol–water partition coefficient (Wildman–Crippen LogP) is 4.31. The van der Waals surface area contributed by atoms with Gasteiger partial charge in [-0.25, -0.2) is 4.98 Å². The monoisotopic (exact) mass is 555 g/mol. The lowest BCUT2D eigenvalue weighted by molar-refractivity contribution is -0.139. The molecule has 1 aliphatic heterocycles. The molecule has 10 heteroatoms. The number of imidazole rings is 1. The van der Waals surface area contributed by atoms with Crippen LogP contribution >= 0.6 is 0 Å². The molecule has 3 aromatic carbocycles. The molecule has 1 unspecified atom stereocenters. The van der Waals surface area contributed by atoms with Gasteiger partial charge >= 0.3 is 5.97 Å². The predicted molar refractivity (Wildman–Crippen MR) is 156 cm³/mol. The van der Waals surface area contributed by atoms with Crippen LogP contribution in [0.1, 0.15) is 39.8 Å². The number of nitrogens with one attached hydrogen (secondary N) is 4. The number of carbonyl (C=O) groups is 3. The van der Waals surface area contributed by atoms with Gasteiger partial charge in [-0.2, -0.15) is 0 Å². The number of benzene rings is 3. The van der Waals surface area contributed by atoms with E-state index in [1.54, 1.807) is 18.2 Å². The van der Waals surface area contributed by atoms with Crippen LogP contribution in [0, 0.1) is 27.7 Å². The molecular formula is C31H33N5O5. The number of fused-ring (bicyclic) bond motifs is 2. The van der Waals surface area contributed by atoms with Crippen molar-refractivity contribution in [1.29, 1.82) is 0 Å². The van der Waals surface area contributed by atoms with E-state index >= 15 is 0 Å². The third kappa shape index (κ3) is 6.07. The Bertz CT molecular complexity index is 1600. The number of ether oxygens (including phenoxy) is 1. The highest BCUT2D eigenvalue weighted by atomic mass is 16.5. The average Bonchev–Trinajstić information content (AvgIpc) is 3.33. The minimum Gasteiger partial charge on any atom is -0.480 e. The Hall–Kier alpha value is -4.70. The van der Waals surface area contributed by atoms with Crippen molar-refractivity contribution in [2.75, 3.05) is 10.6 Å². The summed E-state index contributed by atoms with van der Waals surface area (Å²) in [6, 6.07) is 13.9. The number of hydrogen-bond donors (Lipinski definition) is 5. The maximum absolute atomic E-state index is 12.8. The first-order valence-corrected chi connectivity index (χ1v) is 13.5. The van der Waals surface area contributed by atoms with E-state index in [0.717, 1.165) is 33.3 Å². The fourth-order valence-electron chi connectivity index (χ4n) is 5.09. The number of carbonyl (C=O) groups excluding carboxylic acids is 2. The molecule has 0 saturated heterocycles. The molecule has 0 bridgehead atoms. The summed E-state index contributed by atoms with van der Waals surface area (Å²) >= 11 is 0. The molecule has 4 aromatic rings. The summed E-state index contributed by atoms with van der Waals surface area (Å²) in [5.41, 5.74) is 8.42. The van der Waals surface area contributed by atoms with Crippen LogP contribution in [0.3, 0.4) is 0 Å². The summed E-state index contributed by atoms with van der Waals surface area (Å²) in [4.78, 5) is 44.8. The maximum atomic E-state index is 12.8. The number of para-hydroxylation sites is 2. The number of hydrogen-bond acceptors (Lipinski definition) is 6. The van der Waals surface area contributed by atoms with Crippen molar-refractivity contribution in [1.82, 2.24) is 15.3 Å². The lowest BCUT2D eigenvalue weighted by Crippen LogP contribution is -2.40. The Morgan fingerprint density at radius 1 is 1.05 bits per heavy atom. The molecule has 2 atom stereocenters. The molecule has 1 aliphatic rings. The fourth-order valence-corrected chi connectivity index (χ4v) is 5.09. The van der Waals surface area contributed by atoms with Gasteiger partial charge in [-0.15, -0.1) is 0 Å². The van der Waals surface area contributed by atoms with E-state index in [-0.39, 0.29) is 12.8 Å². The molecule has 0 saturated carbocycles. The molecule has 0 spiro atoms. The minimum absolute atomic E-state index is 0.202. The lowest BCUT2D eigenvalue weighted by Gasteiger charge is -2.26. The van der Waals surface area contributed by atoms with Crippen LogP contribution in [0.4, 0.5) is 11.6 Å². The highest BCUT2D eigenvalue weighted by molar-refractivity contribution is 6.02. The Labute approximate surface area is 237 Å². The van der Waals surface area contributed by atoms with Crippen LogP contribution in [0.25, 0.3) is 11.0 Å². The van der Waals surface area contributed by atoms with Crippen molar-refractivity contribution in [2.45, 2.75) is 59.2 Å². The molecule has 212 valence electrons. The first-order valence-electron chi connectivity index (χ1n) is 13.5. The Kier molecular flexibility index (Phi) is 7.76. The molecule has 41 heavy (non-hydrogen) atoms. The van der Waals surface area contributed by atoms with Crippen molar-refractivity contribution in [3.8, 4) is 5.75 Å². The van der Waals surface area contributed by atoms with E-state index in [1.807, 2.05) is 24.3 Å². The largest absolute Gasteiger partial charge is 0.480 e. The topological polar surface area (TPSA) is 145 Å². The standard InChI is InChI=1S/C31H33N5O5/c1-16-11-17(2)19(4)21(18(16)3)15-32-25(30(39)40)13-20-9-10-26-24(12-20)33-29(38)27(41-26)14-28(37)36-31-34-22-7-5-6-8-23(22)35-31/h5-12,25,27,32H,13-15H2,1-4H3,(H,33,38)(H,39,40)(H2,34,35,36,37)/t25-,27?/m0/s1. The van der Waals surface area contributed by atoms with Crippen molar-refractivity contribution in [2.24, 2.45) is 0 Å². The van der Waals surface area contributed by atoms with Crippen LogP contribution in [-0.4, -0.2) is 45.0 Å². The van der Waals surface area contributed by atoms with Crippen molar-refractivity contribution >= 4 is 40.5 Å². The molecule has 2 amide bonds. The molecule has 5 rings (SSSR count). The summed E-state index contributed by atoms with van der Waals surface area (Å²) in [5.74, 6) is -1.13. The van der Waals surface area contributed by atoms with Gasteiger partial charge in [-0.1, -0.05) is 24.3 Å². The van der Waals surface area contributed by atoms with Gasteiger partial charge in [0.25, 0.3) is 5.91 Å². The zero-order chi connectivity index (χ0) is 29.3. The fraction of sp³-hybridized carbons (Fsp3) is 0.290. The van der Waals surface area contributed by atoms with E-state index in [1.165, 1.54) is 11.1 Å². The van der Waals surface area contributed by atoms with E-state index in [4.69, 9.17) is 4.74 Å². The Morgan fingerprint density at radius 2 is 1.78 bits per heavy atom. The molecule has 2 heterocycles. The number of rotatable bonds is 9. The number of carboxylic acid groups (broad SMARTS) is 1. The zero-order valence-electron chi connectivity index (χ0n) is 23.4. The smallest absolute Gasteiger partial charge is 0.321 e. The number of aromatic nitrogens is 2. The van der Waals surface area contributed by atoms with Crippen molar-refractivity contribution in [3.05, 3.63) is 81.9 Å². The van der Waals surface area contributed by atoms with Crippen LogP contribution in [-0.2, 0) is 27.3 Å². The van der Waals surface area contributed by atoms with Gasteiger partial charge in [-0.3, -0.25) is 25.0 Å². The molecule has 5 N–H and O–H groups in total. The third-order valence-corrected chi connectivity index (χ3v) is 7.67. The summed E-state index contributed by atoms with van der Waals surface area (Å²) in [6.07, 6.45) is -1.01. The van der Waals surface area contributed by atoms with Gasteiger partial charge in [0.05, 0.1) is 23.1 Å². The highest BCUT2D eigenvalue weighted by Crippen LogP contribution is 2.32. The molecule has 10 nitrogen and oxygen atoms in total. The zero-order valence-corrected chi connectivity index (χ0v) is 23.4. The van der Waals surface area contributed by atoms with Crippen LogP contribution in [0.2, 0.25) is 0 Å². The van der Waals surface area contributed by atoms with Gasteiger partial charge < -0.3 is 20.1 Å². The number of aliphatic carboxylic acids is 1. The lowest BCUT2D eigenvalue weighted by atomic mass is 9.94. The number of amides is 2. The van der Waals surface area contributed by atoms with Crippen LogP contribution in [0.5, 0.6) is 5.75 Å². The number of H-pyrrole nitrogens is 1. The average molecular weight is 556 g/mol. The molecule has 1 aromatic heterocycles. The second kappa shape index (κ2) is 11.4. The van der Waals surface area contributed by atoms with E-state index in [9.17, 15) is 19.5 Å². The highest BCUT2D eigenvalue weighted by Gasteiger charge is 2.30. The second-order valence-corrected chi connectivity index (χ2v) is 10.5. The van der Waals surface area contributed by atoms with Crippen molar-refractivity contribution < 1.29 is 24.2 Å². The first-order chi connectivity index (χ1) is 19.6. The van der Waals surface area contributed by atoms with Crippen molar-refractivity contribution in [3.63, 3.8) is 0 Å². The normalized spacial score (nSPS) is 15.1. The minimum atomic E-state index is -1.02. The van der Waals surface area contributed by atoms with Crippen LogP contribution in [0.15, 0.2) is 48.5 Å². The molecule has 0 fully saturated rings. The van der Waals surface area contributed by atoms with E-state index in [0.29, 0.717) is 23.9 Å². The van der Waals surface area contributed by atoms with E-state index < -0.39 is 29.9 Å². The number of aryl methyl sites for hydroxylation is 2. The Morgan fingerprint density at radius 3 is 2.49 bits per heavy atom. The third-order valence-electron chi connectivity index (χ3n) is 7.67. The second-order valence-electron chi connectivity index (χ2n) is 10.5. The quantitative estimate of drug-likeness (QED) is 0.207. The Balaban J connectivity index is 1.22. The maximum Gasteiger partial charge on any atom is 0.321 e. The summed E-state index contributed by atoms with van der Waals surface area (Å²) in [6.45, 7) is 8.65. The number of nitrogens with zero attached hydrogens (tertiary/aromatic N) is 1. The first kappa shape index (κ1) is 27.9. The summed E-state index contributed by atoms with van der Waals surface area (Å²) < 4.78 is 5.84. The summed E-state index contributed by atoms with van der Waals surface area (Å²) in [5, 5.41) is 18.6. The summed E-state index contributed by atoms with van der Waals surface area (Å²) in [7, 11) is 0. The molecule has 0 radical (unpaired) electrons. The number of carboxylic acids is 1. The van der Waals surface area contributed by atoms with Gasteiger partial charge in [-0.05, 0) is 91.8 Å². The number of aromatic amines is 1. The van der Waals surface area contributed by atoms with Gasteiger partial charge in [0.15, 0.2) is 6.10 Å². The van der Waals surface area contributed by atoms with E-state index in [2.05, 4.69) is 59.7 Å². The molecule has 0 aliphatic carbocycles. The SMILES string of the molecule is Cc1cc(C)c(C)c(CN[C@@H](Cc2ccc3c(c2)NC(=O)C(CC(=O)Nc2nc4ccccc4[nH]2)O3)C(=O)O)c1C. The van der Waals surface area contributed by atoms with Crippen LogP contribution < -0.4 is 20.7 Å².